The van der Waals surface area contributed by atoms with Crippen molar-refractivity contribution in [1.82, 2.24) is 5.32 Å². The molecule has 1 saturated heterocycles. The number of piperidine rings is 1. The normalized spacial score (nSPS) is 44.6. The van der Waals surface area contributed by atoms with Crippen LogP contribution in [0.3, 0.4) is 0 Å². The van der Waals surface area contributed by atoms with E-state index < -0.39 is 0 Å². The fourth-order valence-corrected chi connectivity index (χ4v) is 2.49. The molecule has 0 saturated carbocycles. The number of nitrogens with zero attached hydrogens (tertiary/aromatic N) is 1. The molecule has 0 amide bonds. The molecule has 3 nitrogen and oxygen atoms in total. The molecule has 3 atom stereocenters. The van der Waals surface area contributed by atoms with E-state index in [0.717, 1.165) is 25.0 Å². The molecular weight excluding hydrogens is 188 g/mol. The highest BCUT2D eigenvalue weighted by Crippen LogP contribution is 2.35. The zero-order valence-corrected chi connectivity index (χ0v) is 10.6. The lowest BCUT2D eigenvalue weighted by Crippen LogP contribution is -2.64. The number of hydrogen-bond donors (Lipinski definition) is 2. The van der Waals surface area contributed by atoms with Crippen LogP contribution in [0.5, 0.6) is 0 Å². The van der Waals surface area contributed by atoms with Crippen LogP contribution < -0.4 is 5.32 Å². The van der Waals surface area contributed by atoms with Crippen LogP contribution in [0.15, 0.2) is 5.16 Å². The van der Waals surface area contributed by atoms with Gasteiger partial charge in [-0.15, -0.1) is 0 Å². The third-order valence-electron chi connectivity index (χ3n) is 4.26. The molecule has 1 aliphatic heterocycles. The van der Waals surface area contributed by atoms with Gasteiger partial charge >= 0.3 is 0 Å². The van der Waals surface area contributed by atoms with Crippen molar-refractivity contribution in [3.05, 3.63) is 0 Å². The lowest BCUT2D eigenvalue weighted by molar-refractivity contribution is 0.159. The Hall–Kier alpha value is -0.570. The van der Waals surface area contributed by atoms with Crippen LogP contribution in [0.4, 0.5) is 0 Å². The summed E-state index contributed by atoms with van der Waals surface area (Å²) in [5.41, 5.74) is 1.05. The Morgan fingerprint density at radius 3 is 2.40 bits per heavy atom. The molecule has 2 N–H and O–H groups in total. The summed E-state index contributed by atoms with van der Waals surface area (Å²) in [6.07, 6.45) is 2.94. The highest BCUT2D eigenvalue weighted by Gasteiger charge is 2.44. The quantitative estimate of drug-likeness (QED) is 0.546. The largest absolute Gasteiger partial charge is 0.411 e. The van der Waals surface area contributed by atoms with E-state index in [2.05, 4.69) is 45.1 Å². The van der Waals surface area contributed by atoms with Crippen molar-refractivity contribution in [2.45, 2.75) is 65.0 Å². The Morgan fingerprint density at radius 1 is 1.40 bits per heavy atom. The summed E-state index contributed by atoms with van der Waals surface area (Å²) in [4.78, 5) is 0. The average Bonchev–Trinajstić information content (AvgIpc) is 2.23. The van der Waals surface area contributed by atoms with Gasteiger partial charge in [-0.1, -0.05) is 25.9 Å². The molecule has 0 bridgehead atoms. The van der Waals surface area contributed by atoms with Gasteiger partial charge in [-0.05, 0) is 26.7 Å². The highest BCUT2D eigenvalue weighted by atomic mass is 16.4. The second-order valence-corrected chi connectivity index (χ2v) is 5.30. The zero-order chi connectivity index (χ0) is 11.7. The number of rotatable bonds is 2. The van der Waals surface area contributed by atoms with Crippen LogP contribution in [0.2, 0.25) is 0 Å². The summed E-state index contributed by atoms with van der Waals surface area (Å²) in [6.45, 7) is 10.9. The molecular formula is C12H24N2O. The topological polar surface area (TPSA) is 44.6 Å². The van der Waals surface area contributed by atoms with Crippen molar-refractivity contribution in [2.75, 3.05) is 0 Å². The van der Waals surface area contributed by atoms with Crippen LogP contribution >= 0.6 is 0 Å². The van der Waals surface area contributed by atoms with Gasteiger partial charge in [-0.3, -0.25) is 0 Å². The van der Waals surface area contributed by atoms with E-state index in [1.807, 2.05) is 0 Å². The van der Waals surface area contributed by atoms with Crippen molar-refractivity contribution in [2.24, 2.45) is 11.1 Å². The van der Waals surface area contributed by atoms with Gasteiger partial charge in [0.1, 0.15) is 0 Å². The van der Waals surface area contributed by atoms with Gasteiger partial charge in [-0.2, -0.15) is 0 Å². The zero-order valence-electron chi connectivity index (χ0n) is 10.6. The first-order chi connectivity index (χ1) is 6.90. The standard InChI is InChI=1S/C12H24N2O/c1-6-11(4)8-10(13-15)9(3)12(5,7-2)14-11/h9,14-15H,6-8H2,1-5H3/b13-10+. The summed E-state index contributed by atoms with van der Waals surface area (Å²) in [5.74, 6) is 0.298. The molecule has 0 aromatic rings. The lowest BCUT2D eigenvalue weighted by atomic mass is 9.70. The lowest BCUT2D eigenvalue weighted by Gasteiger charge is -2.49. The van der Waals surface area contributed by atoms with Crippen LogP contribution in [0.25, 0.3) is 0 Å². The Balaban J connectivity index is 3.02. The molecule has 1 aliphatic rings. The fraction of sp³-hybridized carbons (Fsp3) is 0.917. The van der Waals surface area contributed by atoms with E-state index in [9.17, 15) is 0 Å². The van der Waals surface area contributed by atoms with E-state index in [1.54, 1.807) is 0 Å². The van der Waals surface area contributed by atoms with Crippen molar-refractivity contribution in [3.63, 3.8) is 0 Å². The van der Waals surface area contributed by atoms with Gasteiger partial charge in [-0.25, -0.2) is 0 Å². The summed E-state index contributed by atoms with van der Waals surface area (Å²) < 4.78 is 0. The maximum Gasteiger partial charge on any atom is 0.0635 e. The van der Waals surface area contributed by atoms with Gasteiger partial charge in [0, 0.05) is 23.4 Å². The van der Waals surface area contributed by atoms with E-state index >= 15 is 0 Å². The average molecular weight is 212 g/mol. The maximum atomic E-state index is 9.08. The fourth-order valence-electron chi connectivity index (χ4n) is 2.49. The summed E-state index contributed by atoms with van der Waals surface area (Å²) in [7, 11) is 0. The van der Waals surface area contributed by atoms with Gasteiger partial charge in [0.15, 0.2) is 0 Å². The second-order valence-electron chi connectivity index (χ2n) is 5.30. The van der Waals surface area contributed by atoms with Crippen molar-refractivity contribution in [1.29, 1.82) is 0 Å². The molecule has 0 spiro atoms. The minimum Gasteiger partial charge on any atom is -0.411 e. The Bertz CT molecular complexity index is 264. The Kier molecular flexibility index (Phi) is 3.44. The van der Waals surface area contributed by atoms with Gasteiger partial charge < -0.3 is 10.5 Å². The molecule has 0 aliphatic carbocycles. The molecule has 3 unspecified atom stereocenters. The molecule has 88 valence electrons. The van der Waals surface area contributed by atoms with Crippen molar-refractivity contribution in [3.8, 4) is 0 Å². The number of oxime groups is 1. The van der Waals surface area contributed by atoms with Gasteiger partial charge in [0.05, 0.1) is 5.71 Å². The Labute approximate surface area is 92.9 Å². The third kappa shape index (κ3) is 2.17. The summed E-state index contributed by atoms with van der Waals surface area (Å²) in [6, 6.07) is 0. The van der Waals surface area contributed by atoms with Crippen LogP contribution in [-0.2, 0) is 0 Å². The van der Waals surface area contributed by atoms with E-state index in [-0.39, 0.29) is 11.1 Å². The highest BCUT2D eigenvalue weighted by molar-refractivity contribution is 5.89. The molecule has 1 rings (SSSR count). The van der Waals surface area contributed by atoms with Crippen molar-refractivity contribution < 1.29 is 5.21 Å². The minimum absolute atomic E-state index is 0.0462. The maximum absolute atomic E-state index is 9.08. The second kappa shape index (κ2) is 4.12. The van der Waals surface area contributed by atoms with Crippen molar-refractivity contribution >= 4 is 5.71 Å². The van der Waals surface area contributed by atoms with Crippen LogP contribution in [-0.4, -0.2) is 22.0 Å². The molecule has 0 aromatic carbocycles. The molecule has 0 aromatic heterocycles. The van der Waals surface area contributed by atoms with E-state index in [1.165, 1.54) is 0 Å². The SMILES string of the molecule is CCC1(C)C/C(=N\O)C(C)C(C)(CC)N1. The van der Waals surface area contributed by atoms with Crippen LogP contribution in [0, 0.1) is 5.92 Å². The minimum atomic E-state index is 0.0462. The predicted molar refractivity (Wildman–Crippen MR) is 63.5 cm³/mol. The molecule has 1 heterocycles. The van der Waals surface area contributed by atoms with Gasteiger partial charge in [0.25, 0.3) is 0 Å². The smallest absolute Gasteiger partial charge is 0.0635 e. The predicted octanol–water partition coefficient (Wildman–Crippen LogP) is 2.78. The first-order valence-corrected chi connectivity index (χ1v) is 5.91. The Morgan fingerprint density at radius 2 is 2.00 bits per heavy atom. The molecule has 3 heteroatoms. The van der Waals surface area contributed by atoms with Crippen LogP contribution in [0.1, 0.15) is 53.9 Å². The summed E-state index contributed by atoms with van der Waals surface area (Å²) in [5, 5.41) is 16.3. The molecule has 15 heavy (non-hydrogen) atoms. The molecule has 1 fully saturated rings. The first-order valence-electron chi connectivity index (χ1n) is 5.91. The van der Waals surface area contributed by atoms with Gasteiger partial charge in [0.2, 0.25) is 0 Å². The third-order valence-corrected chi connectivity index (χ3v) is 4.26. The summed E-state index contributed by atoms with van der Waals surface area (Å²) >= 11 is 0. The monoisotopic (exact) mass is 212 g/mol. The van der Waals surface area contributed by atoms with E-state index in [0.29, 0.717) is 5.92 Å². The first kappa shape index (κ1) is 12.5. The number of nitrogens with one attached hydrogen (secondary N) is 1. The molecule has 0 radical (unpaired) electrons. The number of hydrogen-bond acceptors (Lipinski definition) is 3. The van der Waals surface area contributed by atoms with E-state index in [4.69, 9.17) is 5.21 Å².